The first-order valence-electron chi connectivity index (χ1n) is 11.0. The van der Waals surface area contributed by atoms with Crippen molar-refractivity contribution in [3.05, 3.63) is 77.5 Å². The van der Waals surface area contributed by atoms with E-state index in [4.69, 9.17) is 23.7 Å². The average Bonchev–Trinajstić information content (AvgIpc) is 2.92. The number of benzene rings is 3. The molecule has 188 valence electrons. The molecule has 0 fully saturated rings. The second-order valence-electron chi connectivity index (χ2n) is 7.41. The summed E-state index contributed by atoms with van der Waals surface area (Å²) in [4.78, 5) is 12.6. The number of para-hydroxylation sites is 1. The van der Waals surface area contributed by atoms with Gasteiger partial charge in [0.25, 0.3) is 0 Å². The number of phenolic OH excluding ortho intramolecular Hbond substituents is 1. The highest BCUT2D eigenvalue weighted by Gasteiger charge is 2.14. The van der Waals surface area contributed by atoms with E-state index in [1.54, 1.807) is 75.9 Å². The summed E-state index contributed by atoms with van der Waals surface area (Å²) in [5.41, 5.74) is 2.22. The lowest BCUT2D eigenvalue weighted by atomic mass is 10.1. The molecule has 0 bridgehead atoms. The molecule has 0 unspecified atom stereocenters. The van der Waals surface area contributed by atoms with Crippen LogP contribution in [0.3, 0.4) is 0 Å². The fraction of sp³-hybridized carbons (Fsp3) is 0.179. The van der Waals surface area contributed by atoms with E-state index in [-0.39, 0.29) is 17.3 Å². The molecule has 36 heavy (non-hydrogen) atoms. The lowest BCUT2D eigenvalue weighted by Crippen LogP contribution is -2.00. The van der Waals surface area contributed by atoms with Gasteiger partial charge in [0.05, 0.1) is 46.8 Å². The minimum atomic E-state index is -0.253. The molecule has 0 amide bonds. The zero-order valence-electron chi connectivity index (χ0n) is 20.8. The fourth-order valence-corrected chi connectivity index (χ4v) is 3.57. The van der Waals surface area contributed by atoms with Gasteiger partial charge in [0.1, 0.15) is 5.75 Å². The third kappa shape index (κ3) is 5.72. The molecule has 0 saturated heterocycles. The first-order chi connectivity index (χ1) is 17.5. The van der Waals surface area contributed by atoms with E-state index in [1.165, 1.54) is 26.5 Å². The molecule has 2 N–H and O–H groups in total. The lowest BCUT2D eigenvalue weighted by molar-refractivity contribution is 0.104. The van der Waals surface area contributed by atoms with Crippen LogP contribution in [-0.4, -0.2) is 46.4 Å². The number of phenols is 1. The highest BCUT2D eigenvalue weighted by Crippen LogP contribution is 2.40. The number of allylic oxidation sites excluding steroid dienone is 1. The van der Waals surface area contributed by atoms with Crippen LogP contribution in [-0.2, 0) is 0 Å². The van der Waals surface area contributed by atoms with Gasteiger partial charge in [-0.05, 0) is 42.0 Å². The summed E-state index contributed by atoms with van der Waals surface area (Å²) in [5, 5.41) is 13.7. The number of carbonyl (C=O) groups is 1. The monoisotopic (exact) mass is 491 g/mol. The van der Waals surface area contributed by atoms with Crippen LogP contribution in [0.4, 0.5) is 5.69 Å². The predicted molar refractivity (Wildman–Crippen MR) is 140 cm³/mol. The van der Waals surface area contributed by atoms with Crippen molar-refractivity contribution >= 4 is 23.6 Å². The van der Waals surface area contributed by atoms with E-state index in [2.05, 4.69) is 5.32 Å². The van der Waals surface area contributed by atoms with Crippen LogP contribution >= 0.6 is 0 Å². The Morgan fingerprint density at radius 3 is 2.03 bits per heavy atom. The number of carbonyl (C=O) groups excluding carboxylic acids is 1. The van der Waals surface area contributed by atoms with E-state index < -0.39 is 0 Å². The smallest absolute Gasteiger partial charge is 0.203 e. The van der Waals surface area contributed by atoms with Crippen LogP contribution in [0.5, 0.6) is 34.5 Å². The van der Waals surface area contributed by atoms with Crippen LogP contribution in [0.2, 0.25) is 0 Å². The third-order valence-electron chi connectivity index (χ3n) is 5.37. The quantitative estimate of drug-likeness (QED) is 0.159. The van der Waals surface area contributed by atoms with E-state index in [1.807, 2.05) is 6.08 Å². The van der Waals surface area contributed by atoms with Crippen LogP contribution < -0.4 is 29.0 Å². The molecule has 8 nitrogen and oxygen atoms in total. The van der Waals surface area contributed by atoms with E-state index in [0.29, 0.717) is 39.8 Å². The van der Waals surface area contributed by atoms with Gasteiger partial charge in [-0.3, -0.25) is 4.79 Å². The van der Waals surface area contributed by atoms with E-state index in [0.717, 1.165) is 5.56 Å². The number of nitrogens with one attached hydrogen (secondary N) is 1. The van der Waals surface area contributed by atoms with Crippen LogP contribution in [0, 0.1) is 0 Å². The van der Waals surface area contributed by atoms with Crippen LogP contribution in [0.25, 0.3) is 12.2 Å². The Kier molecular flexibility index (Phi) is 8.83. The van der Waals surface area contributed by atoms with Crippen molar-refractivity contribution < 1.29 is 33.6 Å². The maximum Gasteiger partial charge on any atom is 0.203 e. The number of ketones is 1. The molecule has 3 aromatic carbocycles. The summed E-state index contributed by atoms with van der Waals surface area (Å²) in [6, 6.07) is 14.0. The number of anilines is 1. The molecular formula is C28H29NO7. The Bertz CT molecular complexity index is 1260. The number of hydrogen-bond acceptors (Lipinski definition) is 8. The largest absolute Gasteiger partial charge is 0.503 e. The molecule has 0 aliphatic carbocycles. The summed E-state index contributed by atoms with van der Waals surface area (Å²) in [6.45, 7) is 0. The van der Waals surface area contributed by atoms with Gasteiger partial charge in [0.2, 0.25) is 5.75 Å². The normalized spacial score (nSPS) is 10.9. The summed E-state index contributed by atoms with van der Waals surface area (Å²) in [5.74, 6) is 1.94. The van der Waals surface area contributed by atoms with E-state index >= 15 is 0 Å². The zero-order valence-corrected chi connectivity index (χ0v) is 20.8. The maximum atomic E-state index is 12.6. The number of ether oxygens (including phenoxy) is 5. The molecule has 0 heterocycles. The van der Waals surface area contributed by atoms with Crippen molar-refractivity contribution in [2.75, 3.05) is 40.9 Å². The van der Waals surface area contributed by atoms with Gasteiger partial charge < -0.3 is 34.1 Å². The fourth-order valence-electron chi connectivity index (χ4n) is 3.57. The summed E-state index contributed by atoms with van der Waals surface area (Å²) in [7, 11) is 7.61. The predicted octanol–water partition coefficient (Wildman–Crippen LogP) is 5.41. The van der Waals surface area contributed by atoms with Gasteiger partial charge in [-0.1, -0.05) is 24.3 Å². The summed E-state index contributed by atoms with van der Waals surface area (Å²) < 4.78 is 26.7. The van der Waals surface area contributed by atoms with Crippen molar-refractivity contribution in [2.45, 2.75) is 0 Å². The zero-order chi connectivity index (χ0) is 26.1. The Hall–Kier alpha value is -4.59. The van der Waals surface area contributed by atoms with E-state index in [9.17, 15) is 9.90 Å². The molecule has 0 spiro atoms. The molecule has 0 aliphatic rings. The first kappa shape index (κ1) is 26.0. The number of rotatable bonds is 11. The van der Waals surface area contributed by atoms with Crippen molar-refractivity contribution in [2.24, 2.45) is 0 Å². The van der Waals surface area contributed by atoms with Gasteiger partial charge in [-0.15, -0.1) is 0 Å². The molecule has 8 heteroatoms. The summed E-state index contributed by atoms with van der Waals surface area (Å²) >= 11 is 0. The molecular weight excluding hydrogens is 462 g/mol. The second kappa shape index (κ2) is 12.2. The SMILES string of the molecule is COc1ccccc1C(=O)/C=C\Nc1c(/C=C\c2cc(OC)c(OC)c(OC)c2)ccc(OC)c1O. The van der Waals surface area contributed by atoms with Crippen molar-refractivity contribution in [3.8, 4) is 34.5 Å². The minimum Gasteiger partial charge on any atom is -0.503 e. The number of aromatic hydroxyl groups is 1. The Balaban J connectivity index is 1.92. The maximum absolute atomic E-state index is 12.6. The average molecular weight is 492 g/mol. The molecule has 3 aromatic rings. The molecule has 0 saturated carbocycles. The molecule has 0 aromatic heterocycles. The lowest BCUT2D eigenvalue weighted by Gasteiger charge is -2.14. The van der Waals surface area contributed by atoms with Crippen molar-refractivity contribution in [1.82, 2.24) is 0 Å². The van der Waals surface area contributed by atoms with Crippen molar-refractivity contribution in [1.29, 1.82) is 0 Å². The van der Waals surface area contributed by atoms with Crippen LogP contribution in [0.1, 0.15) is 21.5 Å². The second-order valence-corrected chi connectivity index (χ2v) is 7.41. The van der Waals surface area contributed by atoms with Gasteiger partial charge in [-0.25, -0.2) is 0 Å². The first-order valence-corrected chi connectivity index (χ1v) is 11.0. The Morgan fingerprint density at radius 2 is 1.42 bits per heavy atom. The molecule has 0 aliphatic heterocycles. The standard InChI is InChI=1S/C28H29NO7/c1-32-22-9-7-6-8-20(22)21(30)14-15-29-26-19(12-13-23(33-2)27(26)31)11-10-18-16-24(34-3)28(36-5)25(17-18)35-4/h6-17,29,31H,1-5H3/b11-10-,15-14-. The molecule has 0 radical (unpaired) electrons. The Labute approximate surface area is 210 Å². The minimum absolute atomic E-state index is 0.0982. The van der Waals surface area contributed by atoms with Gasteiger partial charge >= 0.3 is 0 Å². The topological polar surface area (TPSA) is 95.5 Å². The third-order valence-corrected chi connectivity index (χ3v) is 5.37. The number of methoxy groups -OCH3 is 5. The Morgan fingerprint density at radius 1 is 0.778 bits per heavy atom. The molecule has 3 rings (SSSR count). The highest BCUT2D eigenvalue weighted by molar-refractivity contribution is 6.06. The van der Waals surface area contributed by atoms with Crippen molar-refractivity contribution in [3.63, 3.8) is 0 Å². The van der Waals surface area contributed by atoms with Gasteiger partial charge in [0.15, 0.2) is 28.8 Å². The molecule has 0 atom stereocenters. The van der Waals surface area contributed by atoms with Gasteiger partial charge in [0, 0.05) is 17.8 Å². The number of hydrogen-bond donors (Lipinski definition) is 2. The summed E-state index contributed by atoms with van der Waals surface area (Å²) in [6.07, 6.45) is 6.46. The highest BCUT2D eigenvalue weighted by atomic mass is 16.5. The van der Waals surface area contributed by atoms with Gasteiger partial charge in [-0.2, -0.15) is 0 Å². The van der Waals surface area contributed by atoms with Crippen LogP contribution in [0.15, 0.2) is 60.8 Å².